The number of rotatable bonds is 4. The zero-order valence-electron chi connectivity index (χ0n) is 9.86. The van der Waals surface area contributed by atoms with Crippen LogP contribution in [0.25, 0.3) is 0 Å². The van der Waals surface area contributed by atoms with Crippen LogP contribution in [0.5, 0.6) is 0 Å². The van der Waals surface area contributed by atoms with Gasteiger partial charge in [0, 0.05) is 31.3 Å². The smallest absolute Gasteiger partial charge is 0.163 e. The number of benzene rings is 1. The second kappa shape index (κ2) is 5.08. The Morgan fingerprint density at radius 2 is 1.94 bits per heavy atom. The number of carbonyl (C=O) groups is 1. The minimum absolute atomic E-state index is 0.0661. The van der Waals surface area contributed by atoms with Gasteiger partial charge in [0.25, 0.3) is 0 Å². The highest BCUT2D eigenvalue weighted by molar-refractivity contribution is 5.96. The van der Waals surface area contributed by atoms with Gasteiger partial charge in [-0.05, 0) is 24.1 Å². The van der Waals surface area contributed by atoms with E-state index in [1.807, 2.05) is 0 Å². The zero-order chi connectivity index (χ0) is 13.1. The van der Waals surface area contributed by atoms with Crippen LogP contribution in [-0.2, 0) is 13.5 Å². The molecule has 3 nitrogen and oxygen atoms in total. The SMILES string of the molecule is Cn1cc(CCC(=O)c2cc(F)cc(F)c2)cn1. The maximum Gasteiger partial charge on any atom is 0.163 e. The summed E-state index contributed by atoms with van der Waals surface area (Å²) in [5, 5.41) is 3.98. The number of Topliss-reactive ketones (excluding diaryl/α,β-unsaturated/α-hetero) is 1. The van der Waals surface area contributed by atoms with Gasteiger partial charge in [-0.15, -0.1) is 0 Å². The van der Waals surface area contributed by atoms with Crippen LogP contribution in [0.1, 0.15) is 22.3 Å². The molecule has 2 aromatic rings. The summed E-state index contributed by atoms with van der Waals surface area (Å²) in [5.74, 6) is -1.75. The van der Waals surface area contributed by atoms with Crippen molar-refractivity contribution in [1.29, 1.82) is 0 Å². The largest absolute Gasteiger partial charge is 0.294 e. The molecule has 0 saturated heterocycles. The van der Waals surface area contributed by atoms with E-state index >= 15 is 0 Å². The topological polar surface area (TPSA) is 34.9 Å². The monoisotopic (exact) mass is 250 g/mol. The predicted molar refractivity (Wildman–Crippen MR) is 62.2 cm³/mol. The van der Waals surface area contributed by atoms with Crippen LogP contribution < -0.4 is 0 Å². The molecular weight excluding hydrogens is 238 g/mol. The molecule has 0 saturated carbocycles. The number of hydrogen-bond acceptors (Lipinski definition) is 2. The van der Waals surface area contributed by atoms with Crippen molar-refractivity contribution in [3.63, 3.8) is 0 Å². The fourth-order valence-electron chi connectivity index (χ4n) is 1.72. The summed E-state index contributed by atoms with van der Waals surface area (Å²) >= 11 is 0. The third-order valence-corrected chi connectivity index (χ3v) is 2.58. The van der Waals surface area contributed by atoms with E-state index in [-0.39, 0.29) is 17.8 Å². The fraction of sp³-hybridized carbons (Fsp3) is 0.231. The number of halogens is 2. The molecule has 94 valence electrons. The number of aromatic nitrogens is 2. The molecule has 0 spiro atoms. The van der Waals surface area contributed by atoms with Gasteiger partial charge in [0.1, 0.15) is 11.6 Å². The lowest BCUT2D eigenvalue weighted by atomic mass is 10.0. The van der Waals surface area contributed by atoms with Crippen molar-refractivity contribution in [3.8, 4) is 0 Å². The molecular formula is C13H12F2N2O. The van der Waals surface area contributed by atoms with Crippen LogP contribution in [0.3, 0.4) is 0 Å². The van der Waals surface area contributed by atoms with Gasteiger partial charge < -0.3 is 0 Å². The lowest BCUT2D eigenvalue weighted by Gasteiger charge is -2.01. The highest BCUT2D eigenvalue weighted by atomic mass is 19.1. The minimum atomic E-state index is -0.736. The Labute approximate surface area is 103 Å². The maximum absolute atomic E-state index is 12.9. The zero-order valence-corrected chi connectivity index (χ0v) is 9.86. The van der Waals surface area contributed by atoms with E-state index in [2.05, 4.69) is 5.10 Å². The second-order valence-electron chi connectivity index (χ2n) is 4.10. The van der Waals surface area contributed by atoms with Crippen molar-refractivity contribution in [2.24, 2.45) is 7.05 Å². The summed E-state index contributed by atoms with van der Waals surface area (Å²) in [6.45, 7) is 0. The summed E-state index contributed by atoms with van der Waals surface area (Å²) in [5.41, 5.74) is 0.985. The predicted octanol–water partition coefficient (Wildman–Crippen LogP) is 2.51. The van der Waals surface area contributed by atoms with Gasteiger partial charge >= 0.3 is 0 Å². The molecule has 5 heteroatoms. The molecule has 0 amide bonds. The summed E-state index contributed by atoms with van der Waals surface area (Å²) in [6.07, 6.45) is 4.18. The first-order chi connectivity index (χ1) is 8.54. The number of aryl methyl sites for hydroxylation is 2. The molecule has 0 atom stereocenters. The molecule has 0 aliphatic heterocycles. The Morgan fingerprint density at radius 3 is 2.50 bits per heavy atom. The Kier molecular flexibility index (Phi) is 3.50. The van der Waals surface area contributed by atoms with Gasteiger partial charge in [0.2, 0.25) is 0 Å². The number of hydrogen-bond donors (Lipinski definition) is 0. The fourth-order valence-corrected chi connectivity index (χ4v) is 1.72. The van der Waals surface area contributed by atoms with Crippen molar-refractivity contribution in [2.75, 3.05) is 0 Å². The Bertz CT molecular complexity index is 558. The molecule has 0 bridgehead atoms. The van der Waals surface area contributed by atoms with E-state index in [9.17, 15) is 13.6 Å². The van der Waals surface area contributed by atoms with E-state index in [1.165, 1.54) is 0 Å². The highest BCUT2D eigenvalue weighted by Gasteiger charge is 2.10. The van der Waals surface area contributed by atoms with Crippen LogP contribution in [0.2, 0.25) is 0 Å². The molecule has 1 aromatic heterocycles. The van der Waals surface area contributed by atoms with E-state index in [1.54, 1.807) is 24.1 Å². The molecule has 2 rings (SSSR count). The Balaban J connectivity index is 2.03. The molecule has 0 radical (unpaired) electrons. The van der Waals surface area contributed by atoms with E-state index < -0.39 is 11.6 Å². The third-order valence-electron chi connectivity index (χ3n) is 2.58. The van der Waals surface area contributed by atoms with Gasteiger partial charge in [0.15, 0.2) is 5.78 Å². The maximum atomic E-state index is 12.9. The number of carbonyl (C=O) groups excluding carboxylic acids is 1. The van der Waals surface area contributed by atoms with Gasteiger partial charge in [-0.3, -0.25) is 9.48 Å². The van der Waals surface area contributed by atoms with Crippen LogP contribution in [0, 0.1) is 11.6 Å². The molecule has 0 fully saturated rings. The van der Waals surface area contributed by atoms with Gasteiger partial charge in [-0.2, -0.15) is 5.10 Å². The van der Waals surface area contributed by atoms with E-state index in [0.29, 0.717) is 6.42 Å². The first-order valence-corrected chi connectivity index (χ1v) is 5.51. The van der Waals surface area contributed by atoms with Crippen molar-refractivity contribution < 1.29 is 13.6 Å². The normalized spacial score (nSPS) is 10.6. The van der Waals surface area contributed by atoms with Crippen molar-refractivity contribution in [1.82, 2.24) is 9.78 Å². The molecule has 1 aromatic carbocycles. The third kappa shape index (κ3) is 3.00. The molecule has 0 aliphatic rings. The van der Waals surface area contributed by atoms with Crippen molar-refractivity contribution in [3.05, 3.63) is 53.4 Å². The van der Waals surface area contributed by atoms with Gasteiger partial charge in [-0.1, -0.05) is 0 Å². The van der Waals surface area contributed by atoms with Crippen LogP contribution in [-0.4, -0.2) is 15.6 Å². The summed E-state index contributed by atoms with van der Waals surface area (Å²) < 4.78 is 27.5. The summed E-state index contributed by atoms with van der Waals surface area (Å²) in [4.78, 5) is 11.8. The minimum Gasteiger partial charge on any atom is -0.294 e. The molecule has 0 unspecified atom stereocenters. The van der Waals surface area contributed by atoms with Crippen LogP contribution in [0.4, 0.5) is 8.78 Å². The molecule has 0 aliphatic carbocycles. The Hall–Kier alpha value is -2.04. The van der Waals surface area contributed by atoms with Crippen LogP contribution in [0.15, 0.2) is 30.6 Å². The Morgan fingerprint density at radius 1 is 1.28 bits per heavy atom. The first-order valence-electron chi connectivity index (χ1n) is 5.51. The van der Waals surface area contributed by atoms with E-state index in [4.69, 9.17) is 0 Å². The van der Waals surface area contributed by atoms with E-state index in [0.717, 1.165) is 23.8 Å². The standard InChI is InChI=1S/C13H12F2N2O/c1-17-8-9(7-16-17)2-3-13(18)10-4-11(14)6-12(15)5-10/h4-8H,2-3H2,1H3. The van der Waals surface area contributed by atoms with Crippen molar-refractivity contribution >= 4 is 5.78 Å². The number of ketones is 1. The lowest BCUT2D eigenvalue weighted by Crippen LogP contribution is -2.02. The molecule has 18 heavy (non-hydrogen) atoms. The van der Waals surface area contributed by atoms with Gasteiger partial charge in [-0.25, -0.2) is 8.78 Å². The average molecular weight is 250 g/mol. The second-order valence-corrected chi connectivity index (χ2v) is 4.10. The average Bonchev–Trinajstić information content (AvgIpc) is 2.70. The van der Waals surface area contributed by atoms with Crippen LogP contribution >= 0.6 is 0 Å². The first kappa shape index (κ1) is 12.4. The van der Waals surface area contributed by atoms with Crippen molar-refractivity contribution in [2.45, 2.75) is 12.8 Å². The summed E-state index contributed by atoms with van der Waals surface area (Å²) in [7, 11) is 1.78. The number of nitrogens with zero attached hydrogens (tertiary/aromatic N) is 2. The lowest BCUT2D eigenvalue weighted by molar-refractivity contribution is 0.0982. The van der Waals surface area contributed by atoms with Gasteiger partial charge in [0.05, 0.1) is 6.20 Å². The molecule has 1 heterocycles. The highest BCUT2D eigenvalue weighted by Crippen LogP contribution is 2.12. The molecule has 0 N–H and O–H groups in total. The quantitative estimate of drug-likeness (QED) is 0.781. The summed E-state index contributed by atoms with van der Waals surface area (Å²) in [6, 6.07) is 2.85.